The van der Waals surface area contributed by atoms with Gasteiger partial charge in [-0.3, -0.25) is 9.59 Å². The smallest absolute Gasteiger partial charge is 0.292 e. The van der Waals surface area contributed by atoms with Crippen molar-refractivity contribution in [3.63, 3.8) is 0 Å². The Bertz CT molecular complexity index is 666. The number of rotatable bonds is 5. The van der Waals surface area contributed by atoms with Crippen LogP contribution in [0.25, 0.3) is 0 Å². The minimum atomic E-state index is -0.616. The lowest BCUT2D eigenvalue weighted by atomic mass is 10.1. The van der Waals surface area contributed by atoms with Gasteiger partial charge < -0.3 is 20.8 Å². The maximum atomic E-state index is 12.4. The number of hydrogen-bond acceptors (Lipinski definition) is 5. The van der Waals surface area contributed by atoms with Crippen LogP contribution < -0.4 is 11.5 Å². The molecule has 2 rings (SSSR count). The second-order valence-corrected chi connectivity index (χ2v) is 4.59. The van der Waals surface area contributed by atoms with Gasteiger partial charge in [0, 0.05) is 12.2 Å². The second kappa shape index (κ2) is 6.08. The minimum absolute atomic E-state index is 0.0887. The van der Waals surface area contributed by atoms with Gasteiger partial charge in [-0.05, 0) is 18.6 Å². The maximum Gasteiger partial charge on any atom is 0.292 e. The molecule has 1 heterocycles. The number of oxazole rings is 1. The van der Waals surface area contributed by atoms with Crippen LogP contribution in [0.5, 0.6) is 0 Å². The number of amides is 2. The summed E-state index contributed by atoms with van der Waals surface area (Å²) in [6.07, 6.45) is 1.18. The maximum absolute atomic E-state index is 12.4. The molecule has 110 valence electrons. The standard InChI is InChI=1S/C14H16N4O3/c1-9-13(21-8-17-9)14(20)18(7-12(16)19)6-10-4-2-3-5-11(10)15/h2-5,8H,6-7,15H2,1H3,(H2,16,19). The van der Waals surface area contributed by atoms with Crippen molar-refractivity contribution >= 4 is 17.5 Å². The summed E-state index contributed by atoms with van der Waals surface area (Å²) < 4.78 is 5.07. The topological polar surface area (TPSA) is 115 Å². The Hall–Kier alpha value is -2.83. The van der Waals surface area contributed by atoms with E-state index in [2.05, 4.69) is 4.98 Å². The molecule has 1 aromatic carbocycles. The Morgan fingerprint density at radius 2 is 2.05 bits per heavy atom. The molecule has 0 unspecified atom stereocenters. The first-order valence-electron chi connectivity index (χ1n) is 6.30. The molecule has 0 aliphatic heterocycles. The summed E-state index contributed by atoms with van der Waals surface area (Å²) in [6, 6.07) is 7.10. The summed E-state index contributed by atoms with van der Waals surface area (Å²) in [5.41, 5.74) is 12.8. The van der Waals surface area contributed by atoms with Gasteiger partial charge in [-0.15, -0.1) is 0 Å². The Kier molecular flexibility index (Phi) is 4.22. The van der Waals surface area contributed by atoms with Gasteiger partial charge in [0.15, 0.2) is 6.39 Å². The van der Waals surface area contributed by atoms with E-state index in [1.165, 1.54) is 11.3 Å². The van der Waals surface area contributed by atoms with Crippen molar-refractivity contribution in [3.05, 3.63) is 47.7 Å². The normalized spacial score (nSPS) is 10.3. The summed E-state index contributed by atoms with van der Waals surface area (Å²) >= 11 is 0. The summed E-state index contributed by atoms with van der Waals surface area (Å²) in [6.45, 7) is 1.58. The first-order chi connectivity index (χ1) is 9.99. The van der Waals surface area contributed by atoms with Crippen LogP contribution in [0.2, 0.25) is 0 Å². The van der Waals surface area contributed by atoms with Crippen LogP contribution in [-0.4, -0.2) is 28.2 Å². The lowest BCUT2D eigenvalue weighted by Gasteiger charge is -2.21. The largest absolute Gasteiger partial charge is 0.438 e. The fourth-order valence-electron chi connectivity index (χ4n) is 1.92. The van der Waals surface area contributed by atoms with E-state index < -0.39 is 11.8 Å². The van der Waals surface area contributed by atoms with E-state index in [1.54, 1.807) is 31.2 Å². The molecule has 0 saturated heterocycles. The van der Waals surface area contributed by atoms with E-state index in [1.807, 2.05) is 0 Å². The van der Waals surface area contributed by atoms with Crippen LogP contribution in [0.1, 0.15) is 21.8 Å². The van der Waals surface area contributed by atoms with Crippen molar-refractivity contribution in [3.8, 4) is 0 Å². The van der Waals surface area contributed by atoms with Crippen LogP contribution in [-0.2, 0) is 11.3 Å². The molecule has 0 spiro atoms. The van der Waals surface area contributed by atoms with E-state index in [0.29, 0.717) is 11.4 Å². The summed E-state index contributed by atoms with van der Waals surface area (Å²) in [7, 11) is 0. The van der Waals surface area contributed by atoms with Crippen LogP contribution in [0.3, 0.4) is 0 Å². The van der Waals surface area contributed by atoms with E-state index in [0.717, 1.165) is 5.56 Å². The highest BCUT2D eigenvalue weighted by atomic mass is 16.3. The molecule has 0 atom stereocenters. The monoisotopic (exact) mass is 288 g/mol. The molecule has 0 fully saturated rings. The lowest BCUT2D eigenvalue weighted by molar-refractivity contribution is -0.118. The number of primary amides is 1. The van der Waals surface area contributed by atoms with Crippen LogP contribution in [0.4, 0.5) is 5.69 Å². The van der Waals surface area contributed by atoms with Gasteiger partial charge in [0.25, 0.3) is 5.91 Å². The minimum Gasteiger partial charge on any atom is -0.438 e. The average Bonchev–Trinajstić information content (AvgIpc) is 2.85. The van der Waals surface area contributed by atoms with Crippen molar-refractivity contribution in [2.24, 2.45) is 5.73 Å². The number of carbonyl (C=O) groups is 2. The molecule has 0 saturated carbocycles. The van der Waals surface area contributed by atoms with E-state index in [9.17, 15) is 9.59 Å². The number of anilines is 1. The predicted octanol–water partition coefficient (Wildman–Crippen LogP) is 0.693. The van der Waals surface area contributed by atoms with Crippen molar-refractivity contribution < 1.29 is 14.0 Å². The number of carbonyl (C=O) groups excluding carboxylic acids is 2. The zero-order valence-corrected chi connectivity index (χ0v) is 11.6. The zero-order valence-electron chi connectivity index (χ0n) is 11.6. The number of hydrogen-bond donors (Lipinski definition) is 2. The van der Waals surface area contributed by atoms with Gasteiger partial charge in [0.05, 0.1) is 5.69 Å². The number of nitrogen functional groups attached to an aromatic ring is 1. The number of nitrogens with two attached hydrogens (primary N) is 2. The third kappa shape index (κ3) is 3.38. The summed E-state index contributed by atoms with van der Waals surface area (Å²) in [4.78, 5) is 28.8. The molecule has 1 aromatic heterocycles. The molecule has 7 nitrogen and oxygen atoms in total. The van der Waals surface area contributed by atoms with Gasteiger partial charge in [0.1, 0.15) is 6.54 Å². The molecule has 0 aliphatic rings. The molecule has 2 aromatic rings. The second-order valence-electron chi connectivity index (χ2n) is 4.59. The van der Waals surface area contributed by atoms with Crippen molar-refractivity contribution in [2.45, 2.75) is 13.5 Å². The lowest BCUT2D eigenvalue weighted by Crippen LogP contribution is -2.38. The molecule has 2 amide bonds. The first kappa shape index (κ1) is 14.6. The van der Waals surface area contributed by atoms with E-state index in [4.69, 9.17) is 15.9 Å². The predicted molar refractivity (Wildman–Crippen MR) is 76.0 cm³/mol. The highest BCUT2D eigenvalue weighted by Crippen LogP contribution is 2.16. The van der Waals surface area contributed by atoms with Crippen molar-refractivity contribution in [1.82, 2.24) is 9.88 Å². The Balaban J connectivity index is 2.27. The van der Waals surface area contributed by atoms with Gasteiger partial charge >= 0.3 is 0 Å². The highest BCUT2D eigenvalue weighted by molar-refractivity contribution is 5.94. The number of para-hydroxylation sites is 1. The molecule has 0 radical (unpaired) electrons. The van der Waals surface area contributed by atoms with Gasteiger partial charge in [-0.25, -0.2) is 4.98 Å². The molecular weight excluding hydrogens is 272 g/mol. The number of aromatic nitrogens is 1. The average molecular weight is 288 g/mol. The van der Waals surface area contributed by atoms with Gasteiger partial charge in [-0.1, -0.05) is 18.2 Å². The third-order valence-corrected chi connectivity index (χ3v) is 2.99. The van der Waals surface area contributed by atoms with Crippen LogP contribution >= 0.6 is 0 Å². The number of aryl methyl sites for hydroxylation is 1. The molecule has 4 N–H and O–H groups in total. The molecule has 21 heavy (non-hydrogen) atoms. The molecule has 0 aliphatic carbocycles. The molecule has 7 heteroatoms. The number of nitrogens with zero attached hydrogens (tertiary/aromatic N) is 2. The third-order valence-electron chi connectivity index (χ3n) is 2.99. The van der Waals surface area contributed by atoms with E-state index in [-0.39, 0.29) is 18.8 Å². The van der Waals surface area contributed by atoms with Crippen molar-refractivity contribution in [2.75, 3.05) is 12.3 Å². The van der Waals surface area contributed by atoms with Gasteiger partial charge in [0.2, 0.25) is 11.7 Å². The summed E-state index contributed by atoms with van der Waals surface area (Å²) in [5.74, 6) is -0.979. The Morgan fingerprint density at radius 1 is 1.33 bits per heavy atom. The Labute approximate surface area is 121 Å². The fourth-order valence-corrected chi connectivity index (χ4v) is 1.92. The molecular formula is C14H16N4O3. The van der Waals surface area contributed by atoms with E-state index >= 15 is 0 Å². The van der Waals surface area contributed by atoms with Crippen molar-refractivity contribution in [1.29, 1.82) is 0 Å². The van der Waals surface area contributed by atoms with Gasteiger partial charge in [-0.2, -0.15) is 0 Å². The van der Waals surface area contributed by atoms with Crippen LogP contribution in [0, 0.1) is 6.92 Å². The summed E-state index contributed by atoms with van der Waals surface area (Å²) in [5, 5.41) is 0. The highest BCUT2D eigenvalue weighted by Gasteiger charge is 2.23. The quantitative estimate of drug-likeness (QED) is 0.785. The Morgan fingerprint density at radius 3 is 2.62 bits per heavy atom. The number of benzene rings is 1. The fraction of sp³-hybridized carbons (Fsp3) is 0.214. The SMILES string of the molecule is Cc1ncoc1C(=O)N(CC(N)=O)Cc1ccccc1N. The van der Waals surface area contributed by atoms with Crippen LogP contribution in [0.15, 0.2) is 35.1 Å². The first-order valence-corrected chi connectivity index (χ1v) is 6.30. The zero-order chi connectivity index (χ0) is 15.4. The molecule has 0 bridgehead atoms.